The van der Waals surface area contributed by atoms with Crippen LogP contribution in [0.3, 0.4) is 0 Å². The highest BCUT2D eigenvalue weighted by atomic mass is 127. The molecule has 160 valence electrons. The van der Waals surface area contributed by atoms with Gasteiger partial charge in [-0.15, -0.1) is 35.3 Å². The summed E-state index contributed by atoms with van der Waals surface area (Å²) in [7, 11) is 1.78. The van der Waals surface area contributed by atoms with Crippen molar-refractivity contribution in [1.82, 2.24) is 16.0 Å². The topological polar surface area (TPSA) is 77.5 Å². The van der Waals surface area contributed by atoms with E-state index in [0.717, 1.165) is 30.2 Å². The van der Waals surface area contributed by atoms with E-state index >= 15 is 0 Å². The van der Waals surface area contributed by atoms with Gasteiger partial charge >= 0.3 is 6.03 Å². The third kappa shape index (κ3) is 9.98. The third-order valence-electron chi connectivity index (χ3n) is 4.06. The van der Waals surface area contributed by atoms with Gasteiger partial charge in [0.15, 0.2) is 5.96 Å². The molecule has 0 fully saturated rings. The maximum Gasteiger partial charge on any atom is 0.319 e. The Morgan fingerprint density at radius 1 is 1.10 bits per heavy atom. The van der Waals surface area contributed by atoms with Crippen molar-refractivity contribution in [2.24, 2.45) is 10.9 Å². The van der Waals surface area contributed by atoms with Crippen LogP contribution in [-0.2, 0) is 13.0 Å². The minimum absolute atomic E-state index is 0. The van der Waals surface area contributed by atoms with Gasteiger partial charge in [-0.1, -0.05) is 25.1 Å². The van der Waals surface area contributed by atoms with Crippen molar-refractivity contribution < 1.29 is 4.79 Å². The van der Waals surface area contributed by atoms with Crippen LogP contribution in [0.2, 0.25) is 0 Å². The lowest BCUT2D eigenvalue weighted by Gasteiger charge is -2.16. The molecule has 2 aromatic rings. The molecule has 1 aromatic carbocycles. The Balaban J connectivity index is 0.00000420. The van der Waals surface area contributed by atoms with Crippen LogP contribution < -0.4 is 21.3 Å². The number of guanidine groups is 1. The molecule has 0 saturated heterocycles. The van der Waals surface area contributed by atoms with Crippen molar-refractivity contribution in [3.05, 3.63) is 52.2 Å². The Bertz CT molecular complexity index is 747. The number of aliphatic imine (C=N–C) groups is 1. The van der Waals surface area contributed by atoms with Gasteiger partial charge in [0, 0.05) is 36.7 Å². The lowest BCUT2D eigenvalue weighted by Crippen LogP contribution is -2.39. The quantitative estimate of drug-likeness (QED) is 0.232. The molecule has 1 aromatic heterocycles. The first-order valence-electron chi connectivity index (χ1n) is 9.59. The second-order valence-electron chi connectivity index (χ2n) is 7.15. The molecule has 1 atom stereocenters. The zero-order valence-electron chi connectivity index (χ0n) is 17.5. The van der Waals surface area contributed by atoms with E-state index in [1.165, 1.54) is 4.88 Å². The number of halogens is 1. The molecule has 2 amide bonds. The number of rotatable bonds is 8. The maximum absolute atomic E-state index is 11.7. The monoisotopic (exact) mass is 529 g/mol. The van der Waals surface area contributed by atoms with E-state index < -0.39 is 0 Å². The first kappa shape index (κ1) is 25.2. The van der Waals surface area contributed by atoms with E-state index in [4.69, 9.17) is 0 Å². The molecule has 0 aliphatic carbocycles. The fraction of sp³-hybridized carbons (Fsp3) is 0.429. The molecule has 0 aliphatic rings. The zero-order chi connectivity index (χ0) is 20.4. The van der Waals surface area contributed by atoms with Crippen LogP contribution in [0, 0.1) is 5.92 Å². The number of nitrogens with one attached hydrogen (secondary N) is 4. The first-order valence-corrected chi connectivity index (χ1v) is 10.5. The number of hydrogen-bond donors (Lipinski definition) is 4. The molecule has 0 radical (unpaired) electrons. The number of hydrogen-bond acceptors (Lipinski definition) is 3. The highest BCUT2D eigenvalue weighted by Crippen LogP contribution is 2.14. The SMILES string of the molecule is CN=C(NCc1ccc(NC(=O)NC(C)C)cc1)NCC(C)Cc1cccs1.I. The minimum atomic E-state index is -0.192. The number of anilines is 1. The normalized spacial score (nSPS) is 12.1. The van der Waals surface area contributed by atoms with E-state index in [2.05, 4.69) is 50.7 Å². The number of nitrogens with zero attached hydrogens (tertiary/aromatic N) is 1. The summed E-state index contributed by atoms with van der Waals surface area (Å²) in [5, 5.41) is 14.5. The molecule has 0 spiro atoms. The Kier molecular flexibility index (Phi) is 11.7. The molecular weight excluding hydrogens is 497 g/mol. The zero-order valence-corrected chi connectivity index (χ0v) is 20.6. The Hall–Kier alpha value is -1.81. The standard InChI is InChI=1S/C21H31N5OS.HI/c1-15(2)25-21(27)26-18-9-7-17(8-10-18)14-24-20(22-4)23-13-16(3)12-19-6-5-11-28-19;/h5-11,15-16H,12-14H2,1-4H3,(H2,22,23,24)(H2,25,26,27);1H. The summed E-state index contributed by atoms with van der Waals surface area (Å²) >= 11 is 1.80. The van der Waals surface area contributed by atoms with Gasteiger partial charge in [0.05, 0.1) is 0 Å². The molecule has 29 heavy (non-hydrogen) atoms. The van der Waals surface area contributed by atoms with Crippen LogP contribution in [0.1, 0.15) is 31.2 Å². The van der Waals surface area contributed by atoms with E-state index in [-0.39, 0.29) is 36.0 Å². The minimum Gasteiger partial charge on any atom is -0.356 e. The van der Waals surface area contributed by atoms with Gasteiger partial charge < -0.3 is 21.3 Å². The van der Waals surface area contributed by atoms with Crippen LogP contribution in [0.25, 0.3) is 0 Å². The van der Waals surface area contributed by atoms with Gasteiger partial charge in [-0.3, -0.25) is 4.99 Å². The van der Waals surface area contributed by atoms with E-state index in [0.29, 0.717) is 12.5 Å². The highest BCUT2D eigenvalue weighted by molar-refractivity contribution is 14.0. The summed E-state index contributed by atoms with van der Waals surface area (Å²) in [6, 6.07) is 12.0. The average molecular weight is 529 g/mol. The first-order chi connectivity index (χ1) is 13.5. The number of thiophene rings is 1. The summed E-state index contributed by atoms with van der Waals surface area (Å²) in [6.07, 6.45) is 1.07. The molecular formula is C21H32IN5OS. The predicted octanol–water partition coefficient (Wildman–Crippen LogP) is 4.44. The molecule has 6 nitrogen and oxygen atoms in total. The number of carbonyl (C=O) groups excluding carboxylic acids is 1. The summed E-state index contributed by atoms with van der Waals surface area (Å²) in [5.74, 6) is 1.32. The van der Waals surface area contributed by atoms with Crippen molar-refractivity contribution in [2.75, 3.05) is 18.9 Å². The summed E-state index contributed by atoms with van der Waals surface area (Å²) in [5.41, 5.74) is 1.89. The Morgan fingerprint density at radius 2 is 1.83 bits per heavy atom. The number of urea groups is 1. The second kappa shape index (κ2) is 13.4. The summed E-state index contributed by atoms with van der Waals surface area (Å²) in [6.45, 7) is 7.63. The number of carbonyl (C=O) groups is 1. The van der Waals surface area contributed by atoms with Crippen molar-refractivity contribution in [1.29, 1.82) is 0 Å². The van der Waals surface area contributed by atoms with E-state index in [9.17, 15) is 4.79 Å². The summed E-state index contributed by atoms with van der Waals surface area (Å²) < 4.78 is 0. The Morgan fingerprint density at radius 3 is 2.41 bits per heavy atom. The van der Waals surface area contributed by atoms with E-state index in [1.54, 1.807) is 18.4 Å². The number of benzene rings is 1. The molecule has 0 saturated carbocycles. The van der Waals surface area contributed by atoms with Crippen LogP contribution >= 0.6 is 35.3 Å². The molecule has 8 heteroatoms. The molecule has 0 bridgehead atoms. The van der Waals surface area contributed by atoms with Crippen LogP contribution in [0.15, 0.2) is 46.8 Å². The van der Waals surface area contributed by atoms with Gasteiger partial charge in [-0.05, 0) is 55.3 Å². The van der Waals surface area contributed by atoms with Crippen molar-refractivity contribution in [2.45, 2.75) is 39.8 Å². The average Bonchev–Trinajstić information content (AvgIpc) is 3.15. The lowest BCUT2D eigenvalue weighted by atomic mass is 10.1. The highest BCUT2D eigenvalue weighted by Gasteiger charge is 2.07. The molecule has 2 rings (SSSR count). The molecule has 1 heterocycles. The number of amides is 2. The predicted molar refractivity (Wildman–Crippen MR) is 135 cm³/mol. The molecule has 1 unspecified atom stereocenters. The smallest absolute Gasteiger partial charge is 0.319 e. The van der Waals surface area contributed by atoms with Crippen molar-refractivity contribution in [3.8, 4) is 0 Å². The van der Waals surface area contributed by atoms with Crippen molar-refractivity contribution in [3.63, 3.8) is 0 Å². The fourth-order valence-electron chi connectivity index (χ4n) is 2.66. The third-order valence-corrected chi connectivity index (χ3v) is 4.96. The maximum atomic E-state index is 11.7. The van der Waals surface area contributed by atoms with Crippen LogP contribution in [0.5, 0.6) is 0 Å². The van der Waals surface area contributed by atoms with Crippen LogP contribution in [0.4, 0.5) is 10.5 Å². The van der Waals surface area contributed by atoms with Gasteiger partial charge in [-0.2, -0.15) is 0 Å². The van der Waals surface area contributed by atoms with Gasteiger partial charge in [0.25, 0.3) is 0 Å². The van der Waals surface area contributed by atoms with Crippen molar-refractivity contribution >= 4 is 53.0 Å². The van der Waals surface area contributed by atoms with Gasteiger partial charge in [-0.25, -0.2) is 4.79 Å². The fourth-order valence-corrected chi connectivity index (χ4v) is 3.53. The largest absolute Gasteiger partial charge is 0.356 e. The lowest BCUT2D eigenvalue weighted by molar-refractivity contribution is 0.250. The van der Waals surface area contributed by atoms with Gasteiger partial charge in [0.1, 0.15) is 0 Å². The van der Waals surface area contributed by atoms with Gasteiger partial charge in [0.2, 0.25) is 0 Å². The van der Waals surface area contributed by atoms with E-state index in [1.807, 2.05) is 38.1 Å². The molecule has 4 N–H and O–H groups in total. The second-order valence-corrected chi connectivity index (χ2v) is 8.18. The van der Waals surface area contributed by atoms with Crippen LogP contribution in [-0.4, -0.2) is 31.6 Å². The molecule has 0 aliphatic heterocycles. The Labute approximate surface area is 195 Å². The summed E-state index contributed by atoms with van der Waals surface area (Å²) in [4.78, 5) is 17.4.